The number of methoxy groups -OCH3 is 1. The molecule has 4 nitrogen and oxygen atoms in total. The van der Waals surface area contributed by atoms with Gasteiger partial charge in [-0.15, -0.1) is 0 Å². The van der Waals surface area contributed by atoms with Gasteiger partial charge in [-0.2, -0.15) is 0 Å². The summed E-state index contributed by atoms with van der Waals surface area (Å²) in [6.45, 7) is 5.50. The minimum Gasteiger partial charge on any atom is -0.382 e. The van der Waals surface area contributed by atoms with Crippen LogP contribution in [0.15, 0.2) is 0 Å². The Morgan fingerprint density at radius 3 is 2.28 bits per heavy atom. The molecule has 1 fully saturated rings. The number of hydrogen-bond donors (Lipinski definition) is 1. The maximum absolute atomic E-state index is 5.46. The normalized spacial score (nSPS) is 16.5. The van der Waals surface area contributed by atoms with E-state index in [0.717, 1.165) is 25.6 Å². The standard InChI is InChI=1S/C14H29NO3/c1-16-10-11-18-13-12-17-9-8-15-7-6-14-4-2-3-5-14/h14-15H,2-13H2,1H3. The van der Waals surface area contributed by atoms with Crippen LogP contribution in [0.25, 0.3) is 0 Å². The van der Waals surface area contributed by atoms with Crippen LogP contribution < -0.4 is 5.32 Å². The van der Waals surface area contributed by atoms with Gasteiger partial charge in [-0.25, -0.2) is 0 Å². The SMILES string of the molecule is COCCOCCOCCNCCC1CCCC1. The predicted molar refractivity (Wildman–Crippen MR) is 73.0 cm³/mol. The smallest absolute Gasteiger partial charge is 0.0701 e. The zero-order valence-corrected chi connectivity index (χ0v) is 11.8. The van der Waals surface area contributed by atoms with E-state index in [9.17, 15) is 0 Å². The molecule has 0 aromatic heterocycles. The molecule has 108 valence electrons. The largest absolute Gasteiger partial charge is 0.382 e. The molecule has 1 rings (SSSR count). The lowest BCUT2D eigenvalue weighted by molar-refractivity contribution is 0.0256. The lowest BCUT2D eigenvalue weighted by atomic mass is 10.0. The van der Waals surface area contributed by atoms with E-state index in [1.807, 2.05) is 0 Å². The second-order valence-electron chi connectivity index (χ2n) is 4.91. The van der Waals surface area contributed by atoms with Crippen molar-refractivity contribution in [3.63, 3.8) is 0 Å². The Morgan fingerprint density at radius 2 is 1.56 bits per heavy atom. The average molecular weight is 259 g/mol. The van der Waals surface area contributed by atoms with Gasteiger partial charge in [0, 0.05) is 13.7 Å². The maximum Gasteiger partial charge on any atom is 0.0701 e. The van der Waals surface area contributed by atoms with Crippen molar-refractivity contribution in [3.05, 3.63) is 0 Å². The molecule has 1 aliphatic carbocycles. The van der Waals surface area contributed by atoms with Crippen molar-refractivity contribution < 1.29 is 14.2 Å². The van der Waals surface area contributed by atoms with Crippen molar-refractivity contribution in [1.82, 2.24) is 5.32 Å². The van der Waals surface area contributed by atoms with Crippen LogP contribution in [0, 0.1) is 5.92 Å². The fourth-order valence-corrected chi connectivity index (χ4v) is 2.34. The van der Waals surface area contributed by atoms with Gasteiger partial charge in [0.2, 0.25) is 0 Å². The lowest BCUT2D eigenvalue weighted by Gasteiger charge is -2.10. The third kappa shape index (κ3) is 8.86. The monoisotopic (exact) mass is 259 g/mol. The molecule has 0 amide bonds. The summed E-state index contributed by atoms with van der Waals surface area (Å²) in [5.74, 6) is 0.979. The highest BCUT2D eigenvalue weighted by atomic mass is 16.5. The van der Waals surface area contributed by atoms with Gasteiger partial charge in [0.05, 0.1) is 33.0 Å². The van der Waals surface area contributed by atoms with Gasteiger partial charge in [-0.3, -0.25) is 0 Å². The fourth-order valence-electron chi connectivity index (χ4n) is 2.34. The first kappa shape index (κ1) is 15.9. The predicted octanol–water partition coefficient (Wildman–Crippen LogP) is 1.84. The summed E-state index contributed by atoms with van der Waals surface area (Å²) in [5.41, 5.74) is 0. The number of rotatable bonds is 12. The quantitative estimate of drug-likeness (QED) is 0.543. The van der Waals surface area contributed by atoms with E-state index in [-0.39, 0.29) is 0 Å². The van der Waals surface area contributed by atoms with Gasteiger partial charge in [-0.1, -0.05) is 25.7 Å². The molecule has 0 aliphatic heterocycles. The van der Waals surface area contributed by atoms with E-state index in [0.29, 0.717) is 26.4 Å². The molecule has 0 aromatic carbocycles. The second kappa shape index (κ2) is 11.9. The van der Waals surface area contributed by atoms with Crippen molar-refractivity contribution in [2.75, 3.05) is 53.2 Å². The summed E-state index contributed by atoms with van der Waals surface area (Å²) in [6, 6.07) is 0. The molecule has 0 aromatic rings. The van der Waals surface area contributed by atoms with E-state index in [4.69, 9.17) is 14.2 Å². The van der Waals surface area contributed by atoms with Gasteiger partial charge in [0.15, 0.2) is 0 Å². The van der Waals surface area contributed by atoms with E-state index < -0.39 is 0 Å². The molecular weight excluding hydrogens is 230 g/mol. The van der Waals surface area contributed by atoms with Crippen molar-refractivity contribution in [1.29, 1.82) is 0 Å². The van der Waals surface area contributed by atoms with Crippen LogP contribution in [0.3, 0.4) is 0 Å². The summed E-state index contributed by atoms with van der Waals surface area (Å²) in [7, 11) is 1.68. The van der Waals surface area contributed by atoms with E-state index in [1.165, 1.54) is 32.1 Å². The van der Waals surface area contributed by atoms with Gasteiger partial charge in [0.25, 0.3) is 0 Å². The molecule has 1 N–H and O–H groups in total. The van der Waals surface area contributed by atoms with Crippen LogP contribution in [0.2, 0.25) is 0 Å². The number of ether oxygens (including phenoxy) is 3. The molecule has 0 unspecified atom stereocenters. The Morgan fingerprint density at radius 1 is 0.889 bits per heavy atom. The van der Waals surface area contributed by atoms with Crippen molar-refractivity contribution in [2.45, 2.75) is 32.1 Å². The van der Waals surface area contributed by atoms with Gasteiger partial charge >= 0.3 is 0 Å². The van der Waals surface area contributed by atoms with Crippen molar-refractivity contribution >= 4 is 0 Å². The highest BCUT2D eigenvalue weighted by molar-refractivity contribution is 4.67. The van der Waals surface area contributed by atoms with Crippen LogP contribution in [0.1, 0.15) is 32.1 Å². The maximum atomic E-state index is 5.46. The molecule has 0 bridgehead atoms. The summed E-state index contributed by atoms with van der Waals surface area (Å²) in [5, 5.41) is 3.44. The molecule has 4 heteroatoms. The van der Waals surface area contributed by atoms with Crippen molar-refractivity contribution in [2.24, 2.45) is 5.92 Å². The van der Waals surface area contributed by atoms with Crippen LogP contribution in [-0.2, 0) is 14.2 Å². The van der Waals surface area contributed by atoms with Crippen LogP contribution in [0.4, 0.5) is 0 Å². The highest BCUT2D eigenvalue weighted by Gasteiger charge is 2.13. The Kier molecular flexibility index (Phi) is 10.5. The highest BCUT2D eigenvalue weighted by Crippen LogP contribution is 2.26. The van der Waals surface area contributed by atoms with E-state index in [2.05, 4.69) is 5.32 Å². The van der Waals surface area contributed by atoms with E-state index in [1.54, 1.807) is 7.11 Å². The molecule has 1 aliphatic rings. The lowest BCUT2D eigenvalue weighted by Crippen LogP contribution is -2.23. The minimum atomic E-state index is 0.652. The molecule has 18 heavy (non-hydrogen) atoms. The van der Waals surface area contributed by atoms with Gasteiger partial charge in [0.1, 0.15) is 0 Å². The molecule has 1 saturated carbocycles. The Balaban J connectivity index is 1.68. The third-order valence-corrected chi connectivity index (χ3v) is 3.43. The molecule has 0 radical (unpaired) electrons. The van der Waals surface area contributed by atoms with E-state index >= 15 is 0 Å². The average Bonchev–Trinajstić information content (AvgIpc) is 2.89. The first-order valence-corrected chi connectivity index (χ1v) is 7.28. The molecular formula is C14H29NO3. The molecule has 0 spiro atoms. The summed E-state index contributed by atoms with van der Waals surface area (Å²) in [6.07, 6.45) is 7.10. The fraction of sp³-hybridized carbons (Fsp3) is 1.00. The Hall–Kier alpha value is -0.160. The first-order valence-electron chi connectivity index (χ1n) is 7.28. The molecule has 0 saturated heterocycles. The van der Waals surface area contributed by atoms with Gasteiger partial charge in [-0.05, 0) is 18.9 Å². The first-order chi connectivity index (χ1) is 8.93. The summed E-state index contributed by atoms with van der Waals surface area (Å²) >= 11 is 0. The Bertz CT molecular complexity index is 172. The van der Waals surface area contributed by atoms with Crippen LogP contribution >= 0.6 is 0 Å². The Labute approximate surface area is 111 Å². The zero-order valence-electron chi connectivity index (χ0n) is 11.8. The number of hydrogen-bond acceptors (Lipinski definition) is 4. The second-order valence-corrected chi connectivity index (χ2v) is 4.91. The van der Waals surface area contributed by atoms with Crippen molar-refractivity contribution in [3.8, 4) is 0 Å². The molecule has 0 heterocycles. The summed E-state index contributed by atoms with van der Waals surface area (Å²) < 4.78 is 15.6. The van der Waals surface area contributed by atoms with Crippen LogP contribution in [-0.4, -0.2) is 53.2 Å². The summed E-state index contributed by atoms with van der Waals surface area (Å²) in [4.78, 5) is 0. The number of nitrogens with one attached hydrogen (secondary N) is 1. The zero-order chi connectivity index (χ0) is 12.9. The van der Waals surface area contributed by atoms with Gasteiger partial charge < -0.3 is 19.5 Å². The van der Waals surface area contributed by atoms with Crippen LogP contribution in [0.5, 0.6) is 0 Å². The topological polar surface area (TPSA) is 39.7 Å². The molecule has 0 atom stereocenters. The third-order valence-electron chi connectivity index (χ3n) is 3.43. The minimum absolute atomic E-state index is 0.652.